The minimum Gasteiger partial charge on any atom is -0.349 e. The van der Waals surface area contributed by atoms with Crippen molar-refractivity contribution in [2.75, 3.05) is 5.32 Å². The summed E-state index contributed by atoms with van der Waals surface area (Å²) >= 11 is 0. The summed E-state index contributed by atoms with van der Waals surface area (Å²) in [7, 11) is 0. The molecule has 4 nitrogen and oxygen atoms in total. The average molecular weight is 334 g/mol. The number of amides is 2. The topological polar surface area (TPSA) is 58.2 Å². The Kier molecular flexibility index (Phi) is 4.04. The Morgan fingerprint density at radius 3 is 2.84 bits per heavy atom. The van der Waals surface area contributed by atoms with Crippen LogP contribution in [0.4, 0.5) is 5.69 Å². The Labute approximate surface area is 147 Å². The lowest BCUT2D eigenvalue weighted by molar-refractivity contribution is -0.121. The largest absolute Gasteiger partial charge is 0.349 e. The summed E-state index contributed by atoms with van der Waals surface area (Å²) in [4.78, 5) is 23.9. The van der Waals surface area contributed by atoms with Crippen LogP contribution >= 0.6 is 0 Å². The highest BCUT2D eigenvalue weighted by Crippen LogP contribution is 2.27. The molecule has 1 aliphatic carbocycles. The van der Waals surface area contributed by atoms with Gasteiger partial charge in [-0.05, 0) is 60.1 Å². The number of benzene rings is 2. The molecule has 0 saturated heterocycles. The van der Waals surface area contributed by atoms with E-state index >= 15 is 0 Å². The normalized spacial score (nSPS) is 16.1. The molecule has 0 saturated carbocycles. The van der Waals surface area contributed by atoms with Crippen molar-refractivity contribution >= 4 is 17.5 Å². The number of carbonyl (C=O) groups is 2. The minimum absolute atomic E-state index is 0.0279. The third-order valence-electron chi connectivity index (χ3n) is 5.16. The summed E-state index contributed by atoms with van der Waals surface area (Å²) in [5.41, 5.74) is 6.81. The number of carbonyl (C=O) groups excluding carboxylic acids is 2. The predicted molar refractivity (Wildman–Crippen MR) is 97.5 cm³/mol. The van der Waals surface area contributed by atoms with Crippen molar-refractivity contribution in [1.29, 1.82) is 0 Å². The maximum Gasteiger partial charge on any atom is 0.228 e. The molecule has 2 aromatic rings. The first-order valence-electron chi connectivity index (χ1n) is 8.91. The SMILES string of the molecule is C[C@H](NC(=O)Cc1ccc2c(c1)CCC2)c1ccc2c(c1)CC(=O)N2. The van der Waals surface area contributed by atoms with E-state index in [4.69, 9.17) is 0 Å². The van der Waals surface area contributed by atoms with E-state index in [0.29, 0.717) is 12.8 Å². The molecule has 2 N–H and O–H groups in total. The molecule has 4 heteroatoms. The summed E-state index contributed by atoms with van der Waals surface area (Å²) in [5.74, 6) is 0.0561. The van der Waals surface area contributed by atoms with Gasteiger partial charge in [-0.25, -0.2) is 0 Å². The van der Waals surface area contributed by atoms with Crippen molar-refractivity contribution in [2.45, 2.75) is 45.1 Å². The second kappa shape index (κ2) is 6.36. The highest BCUT2D eigenvalue weighted by atomic mass is 16.2. The third-order valence-corrected chi connectivity index (χ3v) is 5.16. The molecule has 128 valence electrons. The first kappa shape index (κ1) is 15.9. The van der Waals surface area contributed by atoms with Gasteiger partial charge < -0.3 is 10.6 Å². The van der Waals surface area contributed by atoms with E-state index in [1.165, 1.54) is 17.5 Å². The molecule has 2 aliphatic rings. The minimum atomic E-state index is -0.0806. The highest BCUT2D eigenvalue weighted by molar-refractivity contribution is 5.99. The Morgan fingerprint density at radius 1 is 1.12 bits per heavy atom. The van der Waals surface area contributed by atoms with E-state index in [0.717, 1.165) is 35.2 Å². The van der Waals surface area contributed by atoms with Crippen LogP contribution in [0.15, 0.2) is 36.4 Å². The fraction of sp³-hybridized carbons (Fsp3) is 0.333. The number of nitrogens with one attached hydrogen (secondary N) is 2. The van der Waals surface area contributed by atoms with Crippen molar-refractivity contribution in [3.8, 4) is 0 Å². The predicted octanol–water partition coefficient (Wildman–Crippen LogP) is 3.09. The molecule has 0 bridgehead atoms. The first-order valence-corrected chi connectivity index (χ1v) is 8.91. The number of hydrogen-bond acceptors (Lipinski definition) is 2. The van der Waals surface area contributed by atoms with Crippen molar-refractivity contribution < 1.29 is 9.59 Å². The van der Waals surface area contributed by atoms with Gasteiger partial charge >= 0.3 is 0 Å². The van der Waals surface area contributed by atoms with Gasteiger partial charge in [0.15, 0.2) is 0 Å². The maximum absolute atomic E-state index is 12.4. The quantitative estimate of drug-likeness (QED) is 0.903. The molecule has 1 atom stereocenters. The van der Waals surface area contributed by atoms with Crippen LogP contribution in [0.25, 0.3) is 0 Å². The van der Waals surface area contributed by atoms with Crippen LogP contribution < -0.4 is 10.6 Å². The molecule has 0 fully saturated rings. The zero-order valence-electron chi connectivity index (χ0n) is 14.4. The molecule has 0 aromatic heterocycles. The lowest BCUT2D eigenvalue weighted by atomic mass is 10.0. The van der Waals surface area contributed by atoms with Gasteiger partial charge in [0.1, 0.15) is 0 Å². The average Bonchev–Trinajstić information content (AvgIpc) is 3.18. The maximum atomic E-state index is 12.4. The smallest absolute Gasteiger partial charge is 0.228 e. The molecule has 2 aromatic carbocycles. The fourth-order valence-corrected chi connectivity index (χ4v) is 3.81. The van der Waals surface area contributed by atoms with E-state index in [2.05, 4.69) is 28.8 Å². The number of aryl methyl sites for hydroxylation is 2. The zero-order chi connectivity index (χ0) is 17.4. The molecular formula is C21H22N2O2. The van der Waals surface area contributed by atoms with Crippen LogP contribution in [-0.2, 0) is 35.3 Å². The molecule has 0 spiro atoms. The van der Waals surface area contributed by atoms with Gasteiger partial charge in [0.05, 0.1) is 18.9 Å². The summed E-state index contributed by atoms with van der Waals surface area (Å²) in [6.45, 7) is 1.98. The summed E-state index contributed by atoms with van der Waals surface area (Å²) < 4.78 is 0. The molecule has 0 unspecified atom stereocenters. The molecule has 4 rings (SSSR count). The van der Waals surface area contributed by atoms with Crippen LogP contribution in [0.3, 0.4) is 0 Å². The third kappa shape index (κ3) is 3.29. The van der Waals surface area contributed by atoms with Gasteiger partial charge in [-0.3, -0.25) is 9.59 Å². The van der Waals surface area contributed by atoms with Crippen LogP contribution in [0.2, 0.25) is 0 Å². The highest BCUT2D eigenvalue weighted by Gasteiger charge is 2.19. The van der Waals surface area contributed by atoms with E-state index in [1.807, 2.05) is 25.1 Å². The summed E-state index contributed by atoms with van der Waals surface area (Å²) in [6, 6.07) is 12.2. The number of anilines is 1. The molecule has 25 heavy (non-hydrogen) atoms. The Bertz CT molecular complexity index is 857. The van der Waals surface area contributed by atoms with E-state index in [-0.39, 0.29) is 17.9 Å². The van der Waals surface area contributed by atoms with Gasteiger partial charge in [-0.15, -0.1) is 0 Å². The number of hydrogen-bond donors (Lipinski definition) is 2. The van der Waals surface area contributed by atoms with Crippen molar-refractivity contribution in [1.82, 2.24) is 5.32 Å². The van der Waals surface area contributed by atoms with Crippen molar-refractivity contribution in [3.05, 3.63) is 64.2 Å². The molecular weight excluding hydrogens is 312 g/mol. The lowest BCUT2D eigenvalue weighted by Gasteiger charge is -2.15. The van der Waals surface area contributed by atoms with Crippen molar-refractivity contribution in [3.63, 3.8) is 0 Å². The Morgan fingerprint density at radius 2 is 1.96 bits per heavy atom. The monoisotopic (exact) mass is 334 g/mol. The van der Waals surface area contributed by atoms with Crippen LogP contribution in [0, 0.1) is 0 Å². The molecule has 0 radical (unpaired) electrons. The molecule has 1 heterocycles. The fourth-order valence-electron chi connectivity index (χ4n) is 3.81. The Balaban J connectivity index is 1.41. The zero-order valence-corrected chi connectivity index (χ0v) is 14.4. The second-order valence-electron chi connectivity index (χ2n) is 7.06. The van der Waals surface area contributed by atoms with E-state index in [1.54, 1.807) is 0 Å². The lowest BCUT2D eigenvalue weighted by Crippen LogP contribution is -2.28. The van der Waals surface area contributed by atoms with Crippen LogP contribution in [0.5, 0.6) is 0 Å². The number of rotatable bonds is 4. The summed E-state index contributed by atoms with van der Waals surface area (Å²) in [5, 5.41) is 5.90. The van der Waals surface area contributed by atoms with Gasteiger partial charge in [0, 0.05) is 5.69 Å². The standard InChI is InChI=1S/C21H22N2O2/c1-13(16-7-8-19-18(11-16)12-21(25)23-19)22-20(24)10-14-5-6-15-3-2-4-17(15)9-14/h5-9,11,13H,2-4,10,12H2,1H3,(H,22,24)(H,23,25)/t13-/m0/s1. The molecule has 2 amide bonds. The van der Waals surface area contributed by atoms with Crippen LogP contribution in [0.1, 0.15) is 47.2 Å². The van der Waals surface area contributed by atoms with Gasteiger partial charge in [0.25, 0.3) is 0 Å². The van der Waals surface area contributed by atoms with E-state index < -0.39 is 0 Å². The number of fused-ring (bicyclic) bond motifs is 2. The summed E-state index contributed by atoms with van der Waals surface area (Å²) in [6.07, 6.45) is 4.33. The van der Waals surface area contributed by atoms with Crippen molar-refractivity contribution in [2.24, 2.45) is 0 Å². The van der Waals surface area contributed by atoms with Crippen LogP contribution in [-0.4, -0.2) is 11.8 Å². The second-order valence-corrected chi connectivity index (χ2v) is 7.06. The van der Waals surface area contributed by atoms with E-state index in [9.17, 15) is 9.59 Å². The first-order chi connectivity index (χ1) is 12.1. The van der Waals surface area contributed by atoms with Gasteiger partial charge in [-0.1, -0.05) is 30.3 Å². The van der Waals surface area contributed by atoms with Gasteiger partial charge in [0.2, 0.25) is 11.8 Å². The van der Waals surface area contributed by atoms with Gasteiger partial charge in [-0.2, -0.15) is 0 Å². The molecule has 1 aliphatic heterocycles. The Hall–Kier alpha value is -2.62.